The fourth-order valence-electron chi connectivity index (χ4n) is 2.42. The lowest BCUT2D eigenvalue weighted by Crippen LogP contribution is -2.46. The van der Waals surface area contributed by atoms with Gasteiger partial charge in [-0.05, 0) is 25.3 Å². The van der Waals surface area contributed by atoms with E-state index in [9.17, 15) is 0 Å². The van der Waals surface area contributed by atoms with Crippen molar-refractivity contribution in [2.24, 2.45) is 21.9 Å². The van der Waals surface area contributed by atoms with Gasteiger partial charge in [0.15, 0.2) is 6.79 Å². The second-order valence-corrected chi connectivity index (χ2v) is 4.81. The van der Waals surface area contributed by atoms with Crippen LogP contribution in [-0.2, 0) is 9.47 Å². The number of hydrogen-bond acceptors (Lipinski definition) is 4. The SMILES string of the molecule is C=N/N=C(/N)N(C)[C@@H]1CC(OCOCC)=CC[C@@H]1CC. The maximum Gasteiger partial charge on any atom is 0.216 e. The van der Waals surface area contributed by atoms with E-state index >= 15 is 0 Å². The lowest BCUT2D eigenvalue weighted by atomic mass is 9.85. The second-order valence-electron chi connectivity index (χ2n) is 4.81. The van der Waals surface area contributed by atoms with Gasteiger partial charge >= 0.3 is 0 Å². The molecule has 0 amide bonds. The Bertz CT molecular complexity index is 368. The quantitative estimate of drug-likeness (QED) is 0.255. The van der Waals surface area contributed by atoms with E-state index in [1.807, 2.05) is 18.9 Å². The summed E-state index contributed by atoms with van der Waals surface area (Å²) in [5.41, 5.74) is 5.90. The molecule has 114 valence electrons. The van der Waals surface area contributed by atoms with Gasteiger partial charge in [0.1, 0.15) is 0 Å². The third-order valence-electron chi connectivity index (χ3n) is 3.69. The molecule has 2 atom stereocenters. The predicted molar refractivity (Wildman–Crippen MR) is 81.4 cm³/mol. The Labute approximate surface area is 121 Å². The first-order valence-corrected chi connectivity index (χ1v) is 7.05. The number of nitrogens with zero attached hydrogens (tertiary/aromatic N) is 3. The molecular weight excluding hydrogens is 256 g/mol. The molecule has 6 heteroatoms. The van der Waals surface area contributed by atoms with Gasteiger partial charge in [-0.25, -0.2) is 0 Å². The molecule has 1 aliphatic carbocycles. The molecule has 6 nitrogen and oxygen atoms in total. The van der Waals surface area contributed by atoms with Crippen LogP contribution >= 0.6 is 0 Å². The summed E-state index contributed by atoms with van der Waals surface area (Å²) < 4.78 is 10.9. The van der Waals surface area contributed by atoms with Crippen LogP contribution in [0.5, 0.6) is 0 Å². The zero-order chi connectivity index (χ0) is 15.0. The van der Waals surface area contributed by atoms with E-state index in [0.29, 0.717) is 25.3 Å². The van der Waals surface area contributed by atoms with Crippen molar-refractivity contribution >= 4 is 12.7 Å². The first-order valence-electron chi connectivity index (χ1n) is 7.05. The lowest BCUT2D eigenvalue weighted by Gasteiger charge is -2.37. The maximum atomic E-state index is 5.90. The Balaban J connectivity index is 2.70. The molecule has 1 aliphatic rings. The third-order valence-corrected chi connectivity index (χ3v) is 3.69. The Morgan fingerprint density at radius 3 is 2.90 bits per heavy atom. The fourth-order valence-corrected chi connectivity index (χ4v) is 2.42. The highest BCUT2D eigenvalue weighted by molar-refractivity contribution is 5.78. The summed E-state index contributed by atoms with van der Waals surface area (Å²) in [7, 11) is 1.93. The van der Waals surface area contributed by atoms with Crippen LogP contribution in [0.3, 0.4) is 0 Å². The molecule has 0 aromatic rings. The van der Waals surface area contributed by atoms with Crippen molar-refractivity contribution in [2.45, 2.75) is 39.2 Å². The van der Waals surface area contributed by atoms with Gasteiger partial charge in [0.05, 0.1) is 5.76 Å². The topological polar surface area (TPSA) is 72.4 Å². The van der Waals surface area contributed by atoms with Crippen LogP contribution in [0.25, 0.3) is 0 Å². The van der Waals surface area contributed by atoms with E-state index < -0.39 is 0 Å². The zero-order valence-electron chi connectivity index (χ0n) is 12.7. The molecule has 0 aromatic heterocycles. The Kier molecular flexibility index (Phi) is 7.08. The number of guanidine groups is 1. The number of allylic oxidation sites excluding steroid dienone is 1. The maximum absolute atomic E-state index is 5.90. The number of nitrogens with two attached hydrogens (primary N) is 1. The molecule has 1 rings (SSSR count). The van der Waals surface area contributed by atoms with E-state index in [1.54, 1.807) is 0 Å². The molecular formula is C14H26N4O2. The van der Waals surface area contributed by atoms with Crippen molar-refractivity contribution in [3.05, 3.63) is 11.8 Å². The molecule has 0 aliphatic heterocycles. The summed E-state index contributed by atoms with van der Waals surface area (Å²) in [5, 5.41) is 7.31. The molecule has 0 saturated carbocycles. The monoisotopic (exact) mass is 282 g/mol. The average molecular weight is 282 g/mol. The first kappa shape index (κ1) is 16.5. The standard InChI is InChI=1S/C14H26N4O2/c1-5-11-7-8-12(20-10-19-6-2)9-13(11)18(4)14(15)17-16-3/h8,11,13H,3,5-7,9-10H2,1-2,4H3,(H2,15,17)/t11-,13+/m0/s1. The minimum absolute atomic E-state index is 0.257. The largest absolute Gasteiger partial charge is 0.472 e. The highest BCUT2D eigenvalue weighted by Gasteiger charge is 2.29. The molecule has 0 saturated heterocycles. The van der Waals surface area contributed by atoms with Crippen molar-refractivity contribution in [3.8, 4) is 0 Å². The number of hydrogen-bond donors (Lipinski definition) is 1. The molecule has 2 N–H and O–H groups in total. The second kappa shape index (κ2) is 8.58. The van der Waals surface area contributed by atoms with Crippen molar-refractivity contribution in [1.29, 1.82) is 0 Å². The minimum Gasteiger partial charge on any atom is -0.472 e. The Morgan fingerprint density at radius 2 is 2.30 bits per heavy atom. The van der Waals surface area contributed by atoms with Crippen LogP contribution in [0, 0.1) is 5.92 Å². The van der Waals surface area contributed by atoms with Gasteiger partial charge in [0.25, 0.3) is 0 Å². The Hall–Kier alpha value is -1.56. The van der Waals surface area contributed by atoms with Gasteiger partial charge in [0, 0.05) is 32.8 Å². The molecule has 0 fully saturated rings. The molecule has 0 heterocycles. The van der Waals surface area contributed by atoms with Crippen molar-refractivity contribution in [2.75, 3.05) is 20.4 Å². The van der Waals surface area contributed by atoms with Crippen molar-refractivity contribution in [3.63, 3.8) is 0 Å². The van der Waals surface area contributed by atoms with Gasteiger partial charge < -0.3 is 20.1 Å². The van der Waals surface area contributed by atoms with E-state index in [-0.39, 0.29) is 6.04 Å². The normalized spacial score (nSPS) is 23.1. The summed E-state index contributed by atoms with van der Waals surface area (Å²) >= 11 is 0. The first-order chi connectivity index (χ1) is 9.63. The van der Waals surface area contributed by atoms with Gasteiger partial charge in [-0.2, -0.15) is 5.10 Å². The smallest absolute Gasteiger partial charge is 0.216 e. The van der Waals surface area contributed by atoms with E-state index in [2.05, 4.69) is 29.9 Å². The van der Waals surface area contributed by atoms with Crippen molar-refractivity contribution < 1.29 is 9.47 Å². The van der Waals surface area contributed by atoms with Crippen LogP contribution < -0.4 is 5.73 Å². The summed E-state index contributed by atoms with van der Waals surface area (Å²) in [6.45, 7) is 8.42. The van der Waals surface area contributed by atoms with E-state index in [0.717, 1.165) is 25.0 Å². The van der Waals surface area contributed by atoms with Crippen LogP contribution in [0.1, 0.15) is 33.1 Å². The molecule has 0 unspecified atom stereocenters. The Morgan fingerprint density at radius 1 is 1.55 bits per heavy atom. The molecule has 0 bridgehead atoms. The number of ether oxygens (including phenoxy) is 2. The zero-order valence-corrected chi connectivity index (χ0v) is 12.7. The lowest BCUT2D eigenvalue weighted by molar-refractivity contribution is -0.0256. The molecule has 0 aromatic carbocycles. The fraction of sp³-hybridized carbons (Fsp3) is 0.714. The van der Waals surface area contributed by atoms with Crippen LogP contribution in [0.4, 0.5) is 0 Å². The van der Waals surface area contributed by atoms with E-state index in [1.165, 1.54) is 0 Å². The van der Waals surface area contributed by atoms with Gasteiger partial charge in [-0.3, -0.25) is 0 Å². The van der Waals surface area contributed by atoms with Crippen molar-refractivity contribution in [1.82, 2.24) is 4.90 Å². The van der Waals surface area contributed by atoms with E-state index in [4.69, 9.17) is 15.2 Å². The number of rotatable bonds is 7. The molecule has 0 spiro atoms. The molecule has 20 heavy (non-hydrogen) atoms. The summed E-state index contributed by atoms with van der Waals surface area (Å²) in [5.74, 6) is 1.87. The van der Waals surface area contributed by atoms with Gasteiger partial charge in [0.2, 0.25) is 5.96 Å². The molecule has 0 radical (unpaired) electrons. The highest BCUT2D eigenvalue weighted by Crippen LogP contribution is 2.30. The summed E-state index contributed by atoms with van der Waals surface area (Å²) in [4.78, 5) is 1.96. The highest BCUT2D eigenvalue weighted by atomic mass is 16.7. The average Bonchev–Trinajstić information content (AvgIpc) is 2.47. The van der Waals surface area contributed by atoms with Gasteiger partial charge in [-0.15, -0.1) is 5.10 Å². The minimum atomic E-state index is 0.257. The van der Waals surface area contributed by atoms with Crippen LogP contribution in [-0.4, -0.2) is 44.1 Å². The summed E-state index contributed by atoms with van der Waals surface area (Å²) in [6.07, 6.45) is 5.01. The van der Waals surface area contributed by atoms with Crippen LogP contribution in [0.2, 0.25) is 0 Å². The predicted octanol–water partition coefficient (Wildman–Crippen LogP) is 1.93. The van der Waals surface area contributed by atoms with Crippen LogP contribution in [0.15, 0.2) is 22.0 Å². The van der Waals surface area contributed by atoms with Gasteiger partial charge in [-0.1, -0.05) is 13.3 Å². The third kappa shape index (κ3) is 4.52. The summed E-state index contributed by atoms with van der Waals surface area (Å²) in [6, 6.07) is 0.257.